The molecule has 0 saturated carbocycles. The van der Waals surface area contributed by atoms with Crippen molar-refractivity contribution in [3.63, 3.8) is 0 Å². The Balaban J connectivity index is 0.000000810. The van der Waals surface area contributed by atoms with Crippen LogP contribution in [0, 0.1) is 6.92 Å². The van der Waals surface area contributed by atoms with Gasteiger partial charge in [-0.15, -0.1) is 0 Å². The highest BCUT2D eigenvalue weighted by Crippen LogP contribution is 2.25. The molecule has 0 spiro atoms. The van der Waals surface area contributed by atoms with Crippen LogP contribution in [-0.2, 0) is 0 Å². The molecule has 1 N–H and O–H groups in total. The van der Waals surface area contributed by atoms with Crippen molar-refractivity contribution in [3.8, 4) is 5.75 Å². The Morgan fingerprint density at radius 2 is 2.00 bits per heavy atom. The summed E-state index contributed by atoms with van der Waals surface area (Å²) in [7, 11) is 0. The van der Waals surface area contributed by atoms with Crippen LogP contribution in [0.25, 0.3) is 0 Å². The lowest BCUT2D eigenvalue weighted by atomic mass is 10.2. The van der Waals surface area contributed by atoms with E-state index in [1.807, 2.05) is 13.0 Å². The van der Waals surface area contributed by atoms with Gasteiger partial charge in [-0.25, -0.2) is 0 Å². The van der Waals surface area contributed by atoms with Crippen molar-refractivity contribution in [1.82, 2.24) is 0 Å². The molecule has 1 atom stereocenters. The van der Waals surface area contributed by atoms with Gasteiger partial charge in [0.15, 0.2) is 0 Å². The Morgan fingerprint density at radius 1 is 1.40 bits per heavy atom. The lowest BCUT2D eigenvalue weighted by Crippen LogP contribution is -1.72. The van der Waals surface area contributed by atoms with Crippen molar-refractivity contribution in [1.29, 1.82) is 0 Å². The molecule has 0 bridgehead atoms. The predicted octanol–water partition coefficient (Wildman–Crippen LogP) is 2.41. The number of hydrogen-bond donors (Lipinski definition) is 1. The number of phenolic OH excluding ortho intramolecular Hbond substituents is 1. The SMILES string of the molecule is Cc1cccc(O)c1Cl.P. The van der Waals surface area contributed by atoms with Crippen LogP contribution in [0.15, 0.2) is 18.2 Å². The normalized spacial score (nSPS) is 8.60. The molecule has 3 heteroatoms. The van der Waals surface area contributed by atoms with E-state index in [1.165, 1.54) is 0 Å². The first kappa shape index (κ1) is 9.74. The van der Waals surface area contributed by atoms with Gasteiger partial charge < -0.3 is 5.11 Å². The Hall–Kier alpha value is -0.260. The van der Waals surface area contributed by atoms with Crippen molar-refractivity contribution < 1.29 is 5.11 Å². The van der Waals surface area contributed by atoms with Crippen LogP contribution in [0.4, 0.5) is 0 Å². The fourth-order valence-electron chi connectivity index (χ4n) is 0.632. The zero-order valence-electron chi connectivity index (χ0n) is 5.76. The maximum atomic E-state index is 8.97. The molecule has 1 rings (SSSR count). The quantitative estimate of drug-likeness (QED) is 0.602. The molecular formula is C7H10ClOP. The van der Waals surface area contributed by atoms with Crippen LogP contribution < -0.4 is 0 Å². The molecule has 0 fully saturated rings. The first-order valence-corrected chi connectivity index (χ1v) is 3.03. The molecule has 1 unspecified atom stereocenters. The Labute approximate surface area is 68.6 Å². The number of benzene rings is 1. The molecule has 1 nitrogen and oxygen atoms in total. The van der Waals surface area contributed by atoms with E-state index in [2.05, 4.69) is 0 Å². The van der Waals surface area contributed by atoms with Crippen molar-refractivity contribution in [2.75, 3.05) is 0 Å². The van der Waals surface area contributed by atoms with Gasteiger partial charge in [0.05, 0.1) is 5.02 Å². The first-order valence-electron chi connectivity index (χ1n) is 2.66. The van der Waals surface area contributed by atoms with E-state index >= 15 is 0 Å². The first-order chi connectivity index (χ1) is 4.22. The molecule has 10 heavy (non-hydrogen) atoms. The summed E-state index contributed by atoms with van der Waals surface area (Å²) in [4.78, 5) is 0. The van der Waals surface area contributed by atoms with E-state index in [1.54, 1.807) is 12.1 Å². The molecule has 1 aromatic carbocycles. The second kappa shape index (κ2) is 3.80. The minimum absolute atomic E-state index is 0. The van der Waals surface area contributed by atoms with Crippen LogP contribution >= 0.6 is 21.5 Å². The van der Waals surface area contributed by atoms with Gasteiger partial charge >= 0.3 is 0 Å². The van der Waals surface area contributed by atoms with Gasteiger partial charge in [-0.1, -0.05) is 23.7 Å². The summed E-state index contributed by atoms with van der Waals surface area (Å²) in [5.74, 6) is 0.150. The topological polar surface area (TPSA) is 20.2 Å². The summed E-state index contributed by atoms with van der Waals surface area (Å²) in [5.41, 5.74) is 0.900. The van der Waals surface area contributed by atoms with Crippen molar-refractivity contribution in [2.24, 2.45) is 0 Å². The van der Waals surface area contributed by atoms with Crippen molar-refractivity contribution >= 4 is 21.5 Å². The van der Waals surface area contributed by atoms with Crippen LogP contribution in [0.1, 0.15) is 5.56 Å². The fourth-order valence-corrected chi connectivity index (χ4v) is 0.758. The van der Waals surface area contributed by atoms with Crippen LogP contribution in [0.3, 0.4) is 0 Å². The monoisotopic (exact) mass is 176 g/mol. The summed E-state index contributed by atoms with van der Waals surface area (Å²) in [6.07, 6.45) is 0. The second-order valence-electron chi connectivity index (χ2n) is 1.91. The van der Waals surface area contributed by atoms with E-state index in [0.29, 0.717) is 5.02 Å². The summed E-state index contributed by atoms with van der Waals surface area (Å²) in [5, 5.41) is 9.41. The Bertz CT molecular complexity index is 205. The smallest absolute Gasteiger partial charge is 0.134 e. The maximum absolute atomic E-state index is 8.97. The molecular weight excluding hydrogens is 167 g/mol. The number of hydrogen-bond acceptors (Lipinski definition) is 1. The highest BCUT2D eigenvalue weighted by atomic mass is 35.5. The van der Waals surface area contributed by atoms with Gasteiger partial charge in [0.2, 0.25) is 0 Å². The van der Waals surface area contributed by atoms with Gasteiger partial charge in [-0.2, -0.15) is 9.90 Å². The second-order valence-corrected chi connectivity index (χ2v) is 2.29. The number of phenols is 1. The predicted molar refractivity (Wildman–Crippen MR) is 49.0 cm³/mol. The van der Waals surface area contributed by atoms with Crippen molar-refractivity contribution in [3.05, 3.63) is 28.8 Å². The van der Waals surface area contributed by atoms with Gasteiger partial charge in [-0.3, -0.25) is 0 Å². The fraction of sp³-hybridized carbons (Fsp3) is 0.143. The lowest BCUT2D eigenvalue weighted by molar-refractivity contribution is 0.475. The van der Waals surface area contributed by atoms with Crippen LogP contribution in [-0.4, -0.2) is 5.11 Å². The number of aromatic hydroxyl groups is 1. The highest BCUT2D eigenvalue weighted by Gasteiger charge is 1.97. The van der Waals surface area contributed by atoms with Gasteiger partial charge in [0, 0.05) is 0 Å². The van der Waals surface area contributed by atoms with Gasteiger partial charge in [-0.05, 0) is 18.6 Å². The van der Waals surface area contributed by atoms with Crippen molar-refractivity contribution in [2.45, 2.75) is 6.92 Å². The molecule has 56 valence electrons. The molecule has 0 aliphatic heterocycles. The van der Waals surface area contributed by atoms with E-state index in [4.69, 9.17) is 16.7 Å². The van der Waals surface area contributed by atoms with Crippen LogP contribution in [0.5, 0.6) is 5.75 Å². The largest absolute Gasteiger partial charge is 0.506 e. The summed E-state index contributed by atoms with van der Waals surface area (Å²) in [6.45, 7) is 1.85. The van der Waals surface area contributed by atoms with Crippen LogP contribution in [0.2, 0.25) is 5.02 Å². The average molecular weight is 177 g/mol. The molecule has 0 aromatic heterocycles. The number of halogens is 1. The lowest BCUT2D eigenvalue weighted by Gasteiger charge is -1.97. The van der Waals surface area contributed by atoms with E-state index < -0.39 is 0 Å². The zero-order chi connectivity index (χ0) is 6.85. The third kappa shape index (κ3) is 1.86. The standard InChI is InChI=1S/C7H7ClO.H3P/c1-5-3-2-4-6(9)7(5)8;/h2-4,9H,1H3;1H3. The maximum Gasteiger partial charge on any atom is 0.134 e. The summed E-state index contributed by atoms with van der Waals surface area (Å²) in [6, 6.07) is 5.17. The molecule has 0 saturated heterocycles. The van der Waals surface area contributed by atoms with E-state index in [0.717, 1.165) is 5.56 Å². The third-order valence-electron chi connectivity index (χ3n) is 1.17. The Kier molecular flexibility index (Phi) is 3.70. The molecule has 0 radical (unpaired) electrons. The van der Waals surface area contributed by atoms with Gasteiger partial charge in [0.25, 0.3) is 0 Å². The number of aryl methyl sites for hydroxylation is 1. The molecule has 0 aliphatic rings. The van der Waals surface area contributed by atoms with Gasteiger partial charge in [0.1, 0.15) is 5.75 Å². The summed E-state index contributed by atoms with van der Waals surface area (Å²) < 4.78 is 0. The Morgan fingerprint density at radius 3 is 2.40 bits per heavy atom. The van der Waals surface area contributed by atoms with E-state index in [-0.39, 0.29) is 15.6 Å². The molecule has 0 amide bonds. The molecule has 1 aromatic rings. The molecule has 0 heterocycles. The minimum Gasteiger partial charge on any atom is -0.506 e. The highest BCUT2D eigenvalue weighted by molar-refractivity contribution is 6.92. The third-order valence-corrected chi connectivity index (χ3v) is 1.66. The minimum atomic E-state index is 0. The average Bonchev–Trinajstić information content (AvgIpc) is 1.83. The zero-order valence-corrected chi connectivity index (χ0v) is 7.93. The number of rotatable bonds is 0. The van der Waals surface area contributed by atoms with E-state index in [9.17, 15) is 0 Å². The molecule has 0 aliphatic carbocycles. The summed E-state index contributed by atoms with van der Waals surface area (Å²) >= 11 is 5.63.